The van der Waals surface area contributed by atoms with E-state index in [-0.39, 0.29) is 11.7 Å². The van der Waals surface area contributed by atoms with Crippen LogP contribution in [0.15, 0.2) is 40.9 Å². The number of nitrogens with zero attached hydrogens (tertiary/aromatic N) is 2. The summed E-state index contributed by atoms with van der Waals surface area (Å²) in [7, 11) is 0.388. The Morgan fingerprint density at radius 1 is 1.36 bits per heavy atom. The van der Waals surface area contributed by atoms with Crippen LogP contribution in [0.2, 0.25) is 0 Å². The molecule has 0 aliphatic heterocycles. The smallest absolute Gasteiger partial charge is 0.238 e. The molecule has 1 aromatic carbocycles. The topological polar surface area (TPSA) is 63.4 Å². The zero-order chi connectivity index (χ0) is 16.1. The van der Waals surface area contributed by atoms with Gasteiger partial charge in [0.1, 0.15) is 11.0 Å². The number of aryl methyl sites for hydroxylation is 1. The molecule has 118 valence electrons. The zero-order valence-electron chi connectivity index (χ0n) is 13.0. The van der Waals surface area contributed by atoms with Crippen molar-refractivity contribution in [3.05, 3.63) is 53.4 Å². The third kappa shape index (κ3) is 4.27. The molecule has 0 radical (unpaired) electrons. The molecule has 5 nitrogen and oxygen atoms in total. The van der Waals surface area contributed by atoms with Crippen molar-refractivity contribution < 1.29 is 13.5 Å². The van der Waals surface area contributed by atoms with Crippen LogP contribution < -0.4 is 0 Å². The van der Waals surface area contributed by atoms with Crippen molar-refractivity contribution in [2.75, 3.05) is 7.05 Å². The van der Waals surface area contributed by atoms with E-state index in [4.69, 9.17) is 4.52 Å². The van der Waals surface area contributed by atoms with Crippen molar-refractivity contribution in [2.24, 2.45) is 0 Å². The fraction of sp³-hybridized carbons (Fsp3) is 0.375. The molecule has 0 spiro atoms. The molecule has 2 aromatic rings. The molecule has 0 N–H and O–H groups in total. The van der Waals surface area contributed by atoms with Crippen molar-refractivity contribution in [2.45, 2.75) is 31.4 Å². The van der Waals surface area contributed by atoms with E-state index in [1.165, 1.54) is 0 Å². The fourth-order valence-corrected chi connectivity index (χ4v) is 3.18. The lowest BCUT2D eigenvalue weighted by Gasteiger charge is -2.21. The first-order valence-corrected chi connectivity index (χ1v) is 8.44. The molecule has 1 amide bonds. The van der Waals surface area contributed by atoms with Crippen LogP contribution in [-0.2, 0) is 27.9 Å². The quantitative estimate of drug-likeness (QED) is 0.819. The van der Waals surface area contributed by atoms with Gasteiger partial charge in [-0.1, -0.05) is 35.5 Å². The van der Waals surface area contributed by atoms with E-state index in [2.05, 4.69) is 5.16 Å². The van der Waals surface area contributed by atoms with Crippen molar-refractivity contribution in [1.29, 1.82) is 0 Å². The van der Waals surface area contributed by atoms with Gasteiger partial charge in [-0.2, -0.15) is 0 Å². The predicted octanol–water partition coefficient (Wildman–Crippen LogP) is 2.28. The van der Waals surface area contributed by atoms with Gasteiger partial charge in [-0.3, -0.25) is 9.00 Å². The Morgan fingerprint density at radius 3 is 2.64 bits per heavy atom. The Kier molecular flexibility index (Phi) is 5.49. The number of hydrogen-bond acceptors (Lipinski definition) is 4. The highest BCUT2D eigenvalue weighted by atomic mass is 32.2. The summed E-state index contributed by atoms with van der Waals surface area (Å²) in [5.41, 5.74) is 1.79. The van der Waals surface area contributed by atoms with Gasteiger partial charge in [0.15, 0.2) is 0 Å². The predicted molar refractivity (Wildman–Crippen MR) is 85.5 cm³/mol. The minimum absolute atomic E-state index is 0.140. The summed E-state index contributed by atoms with van der Waals surface area (Å²) in [4.78, 5) is 14.0. The third-order valence-corrected chi connectivity index (χ3v) is 4.90. The number of carbonyl (C=O) groups excluding carboxylic acids is 1. The second-order valence-corrected chi connectivity index (χ2v) is 7.04. The maximum absolute atomic E-state index is 12.4. The summed E-state index contributed by atoms with van der Waals surface area (Å²) in [6.45, 7) is 3.99. The molecular weight excluding hydrogens is 300 g/mol. The lowest BCUT2D eigenvalue weighted by molar-refractivity contribution is -0.129. The van der Waals surface area contributed by atoms with Gasteiger partial charge in [0.2, 0.25) is 5.91 Å². The van der Waals surface area contributed by atoms with E-state index in [9.17, 15) is 9.00 Å². The van der Waals surface area contributed by atoms with Crippen LogP contribution in [0, 0.1) is 6.92 Å². The van der Waals surface area contributed by atoms with E-state index in [0.29, 0.717) is 12.3 Å². The fourth-order valence-electron chi connectivity index (χ4n) is 2.11. The number of amides is 1. The highest BCUT2D eigenvalue weighted by Gasteiger charge is 2.24. The van der Waals surface area contributed by atoms with E-state index >= 15 is 0 Å². The average molecular weight is 320 g/mol. The Labute approximate surface area is 132 Å². The highest BCUT2D eigenvalue weighted by molar-refractivity contribution is 7.85. The van der Waals surface area contributed by atoms with Crippen LogP contribution in [0.4, 0.5) is 0 Å². The molecule has 2 atom stereocenters. The first kappa shape index (κ1) is 16.4. The monoisotopic (exact) mass is 320 g/mol. The van der Waals surface area contributed by atoms with Gasteiger partial charge < -0.3 is 9.42 Å². The second kappa shape index (κ2) is 7.35. The maximum atomic E-state index is 12.4. The van der Waals surface area contributed by atoms with Gasteiger partial charge in [0.05, 0.1) is 11.4 Å². The molecule has 1 aromatic heterocycles. The van der Waals surface area contributed by atoms with E-state index in [0.717, 1.165) is 11.3 Å². The minimum Gasteiger partial charge on any atom is -0.360 e. The van der Waals surface area contributed by atoms with Crippen molar-refractivity contribution in [3.63, 3.8) is 0 Å². The molecule has 6 heteroatoms. The second-order valence-electron chi connectivity index (χ2n) is 5.28. The first-order valence-electron chi connectivity index (χ1n) is 7.05. The van der Waals surface area contributed by atoms with Crippen LogP contribution in [0.1, 0.15) is 23.9 Å². The Hall–Kier alpha value is -1.95. The summed E-state index contributed by atoms with van der Waals surface area (Å²) in [6, 6.07) is 11.5. The van der Waals surface area contributed by atoms with Crippen molar-refractivity contribution in [3.8, 4) is 0 Å². The number of aromatic nitrogens is 1. The molecule has 0 bridgehead atoms. The number of carbonyl (C=O) groups is 1. The maximum Gasteiger partial charge on any atom is 0.238 e. The largest absolute Gasteiger partial charge is 0.360 e. The van der Waals surface area contributed by atoms with Gasteiger partial charge in [-0.05, 0) is 19.4 Å². The molecule has 22 heavy (non-hydrogen) atoms. The molecule has 1 heterocycles. The lowest BCUT2D eigenvalue weighted by atomic mass is 10.2. The number of rotatable bonds is 6. The normalized spacial score (nSPS) is 13.6. The van der Waals surface area contributed by atoms with Gasteiger partial charge in [0.25, 0.3) is 0 Å². The Bertz CT molecular complexity index is 654. The lowest BCUT2D eigenvalue weighted by Crippen LogP contribution is -2.37. The molecule has 0 saturated carbocycles. The average Bonchev–Trinajstić information content (AvgIpc) is 2.91. The van der Waals surface area contributed by atoms with Gasteiger partial charge in [0, 0.05) is 30.5 Å². The standard InChI is InChI=1S/C16H20N2O3S/c1-12-9-15(21-17-12)11-22(20)13(2)16(19)18(3)10-14-7-5-4-6-8-14/h4-9,13H,10-11H2,1-3H3/t13-,22+/m1/s1. The molecule has 0 aliphatic carbocycles. The molecular formula is C16H20N2O3S. The third-order valence-electron chi connectivity index (χ3n) is 3.34. The van der Waals surface area contributed by atoms with Crippen LogP contribution in [0.25, 0.3) is 0 Å². The van der Waals surface area contributed by atoms with E-state index in [1.54, 1.807) is 31.9 Å². The molecule has 2 rings (SSSR count). The highest BCUT2D eigenvalue weighted by Crippen LogP contribution is 2.12. The van der Waals surface area contributed by atoms with E-state index in [1.807, 2.05) is 30.3 Å². The molecule has 0 fully saturated rings. The summed E-state index contributed by atoms with van der Waals surface area (Å²) >= 11 is 0. The summed E-state index contributed by atoms with van der Waals surface area (Å²) in [5.74, 6) is 0.604. The SMILES string of the molecule is Cc1cc(C[S@](=O)[C@H](C)C(=O)N(C)Cc2ccccc2)on1. The van der Waals surface area contributed by atoms with Gasteiger partial charge >= 0.3 is 0 Å². The van der Waals surface area contributed by atoms with Crippen molar-refractivity contribution >= 4 is 16.7 Å². The van der Waals surface area contributed by atoms with Crippen LogP contribution in [0.3, 0.4) is 0 Å². The van der Waals surface area contributed by atoms with Crippen LogP contribution in [-0.4, -0.2) is 32.5 Å². The zero-order valence-corrected chi connectivity index (χ0v) is 13.8. The van der Waals surface area contributed by atoms with Gasteiger partial charge in [-0.25, -0.2) is 0 Å². The molecule has 0 unspecified atom stereocenters. The van der Waals surface area contributed by atoms with Crippen LogP contribution >= 0.6 is 0 Å². The summed E-state index contributed by atoms with van der Waals surface area (Å²) in [5, 5.41) is 3.18. The summed E-state index contributed by atoms with van der Waals surface area (Å²) in [6.07, 6.45) is 0. The first-order chi connectivity index (χ1) is 10.5. The van der Waals surface area contributed by atoms with Crippen molar-refractivity contribution in [1.82, 2.24) is 10.1 Å². The van der Waals surface area contributed by atoms with E-state index < -0.39 is 16.0 Å². The minimum atomic E-state index is -1.34. The number of benzene rings is 1. The van der Waals surface area contributed by atoms with Gasteiger partial charge in [-0.15, -0.1) is 0 Å². The van der Waals surface area contributed by atoms with Crippen LogP contribution in [0.5, 0.6) is 0 Å². The Morgan fingerprint density at radius 2 is 2.05 bits per heavy atom. The molecule has 0 saturated heterocycles. The Balaban J connectivity index is 1.94. The molecule has 0 aliphatic rings. The summed E-state index contributed by atoms with van der Waals surface area (Å²) < 4.78 is 17.3. The number of hydrogen-bond donors (Lipinski definition) is 0.